The van der Waals surface area contributed by atoms with Crippen LogP contribution in [0.2, 0.25) is 5.02 Å². The van der Waals surface area contributed by atoms with Crippen LogP contribution in [0.15, 0.2) is 33.9 Å². The maximum atomic E-state index is 13.2. The Balaban J connectivity index is 1.57. The maximum Gasteiger partial charge on any atom is 0.332 e. The summed E-state index contributed by atoms with van der Waals surface area (Å²) in [6.45, 7) is 5.28. The van der Waals surface area contributed by atoms with Crippen LogP contribution in [0.3, 0.4) is 0 Å². The summed E-state index contributed by atoms with van der Waals surface area (Å²) in [6, 6.07) is 7.20. The molecule has 3 heterocycles. The summed E-state index contributed by atoms with van der Waals surface area (Å²) < 4.78 is 9.70. The van der Waals surface area contributed by atoms with Crippen LogP contribution in [-0.4, -0.2) is 63.0 Å². The summed E-state index contributed by atoms with van der Waals surface area (Å²) in [6.07, 6.45) is 0.943. The van der Waals surface area contributed by atoms with Crippen molar-refractivity contribution in [3.63, 3.8) is 0 Å². The van der Waals surface area contributed by atoms with Crippen molar-refractivity contribution in [3.05, 3.63) is 55.7 Å². The van der Waals surface area contributed by atoms with Crippen molar-refractivity contribution in [1.29, 1.82) is 0 Å². The molecule has 1 saturated heterocycles. The number of nitrogens with zero attached hydrogens (tertiary/aromatic N) is 5. The number of morpholine rings is 1. The molecule has 0 saturated carbocycles. The van der Waals surface area contributed by atoms with Gasteiger partial charge in [-0.15, -0.1) is 0 Å². The van der Waals surface area contributed by atoms with Crippen LogP contribution >= 0.6 is 11.6 Å². The lowest BCUT2D eigenvalue weighted by atomic mass is 10.2. The highest BCUT2D eigenvalue weighted by Gasteiger charge is 2.19. The summed E-state index contributed by atoms with van der Waals surface area (Å²) in [5, 5.41) is 3.82. The Hall–Kier alpha value is -2.62. The summed E-state index contributed by atoms with van der Waals surface area (Å²) in [4.78, 5) is 33.0. The Bertz CT molecular complexity index is 1190. The molecular weight excluding hydrogens is 420 g/mol. The van der Waals surface area contributed by atoms with Gasteiger partial charge < -0.3 is 14.6 Å². The molecule has 1 fully saturated rings. The lowest BCUT2D eigenvalue weighted by molar-refractivity contribution is 0.0378. The van der Waals surface area contributed by atoms with E-state index in [1.807, 2.05) is 18.2 Å². The highest BCUT2D eigenvalue weighted by Crippen LogP contribution is 2.17. The molecule has 0 amide bonds. The van der Waals surface area contributed by atoms with Crippen LogP contribution in [0.25, 0.3) is 11.2 Å². The van der Waals surface area contributed by atoms with E-state index in [2.05, 4.69) is 15.2 Å². The fourth-order valence-corrected chi connectivity index (χ4v) is 4.06. The molecule has 1 aliphatic heterocycles. The largest absolute Gasteiger partial charge is 0.379 e. The van der Waals surface area contributed by atoms with Gasteiger partial charge >= 0.3 is 5.69 Å². The minimum absolute atomic E-state index is 0.106. The number of halogens is 1. The van der Waals surface area contributed by atoms with E-state index in [0.29, 0.717) is 27.7 Å². The molecule has 3 aromatic rings. The molecule has 0 atom stereocenters. The number of fused-ring (bicyclic) bond motifs is 1. The fraction of sp³-hybridized carbons (Fsp3) is 0.476. The number of imidazole rings is 1. The first kappa shape index (κ1) is 21.6. The molecule has 10 heteroatoms. The monoisotopic (exact) mass is 446 g/mol. The van der Waals surface area contributed by atoms with Gasteiger partial charge in [0.1, 0.15) is 0 Å². The van der Waals surface area contributed by atoms with Crippen LogP contribution in [0.4, 0.5) is 5.95 Å². The predicted octanol–water partition coefficient (Wildman–Crippen LogP) is 1.27. The van der Waals surface area contributed by atoms with E-state index in [0.717, 1.165) is 45.8 Å². The van der Waals surface area contributed by atoms with Crippen LogP contribution < -0.4 is 16.6 Å². The normalized spacial score (nSPS) is 14.9. The fourth-order valence-electron chi connectivity index (χ4n) is 3.87. The number of ether oxygens (including phenoxy) is 1. The molecule has 1 aliphatic rings. The van der Waals surface area contributed by atoms with Crippen molar-refractivity contribution >= 4 is 28.7 Å². The van der Waals surface area contributed by atoms with E-state index in [1.54, 1.807) is 24.7 Å². The van der Waals surface area contributed by atoms with Gasteiger partial charge in [0, 0.05) is 38.8 Å². The van der Waals surface area contributed by atoms with Gasteiger partial charge in [-0.3, -0.25) is 18.8 Å². The van der Waals surface area contributed by atoms with Gasteiger partial charge in [-0.25, -0.2) is 4.79 Å². The summed E-state index contributed by atoms with van der Waals surface area (Å²) in [5.74, 6) is 0.569. The summed E-state index contributed by atoms with van der Waals surface area (Å²) >= 11 is 6.24. The van der Waals surface area contributed by atoms with Crippen LogP contribution in [-0.2, 0) is 25.4 Å². The highest BCUT2D eigenvalue weighted by atomic mass is 35.5. The minimum atomic E-state index is -0.422. The first-order valence-corrected chi connectivity index (χ1v) is 10.8. The standard InChI is InChI=1S/C21H27ClN6O3/c1-25-17-18(24-20(25)23-8-5-9-27-10-12-31-13-11-27)26(2)21(30)28(19(17)29)14-15-6-3-4-7-16(15)22/h3-4,6-7H,5,8-14H2,1-2H3,(H,23,24). The molecule has 1 N–H and O–H groups in total. The number of benzene rings is 1. The smallest absolute Gasteiger partial charge is 0.332 e. The van der Waals surface area contributed by atoms with E-state index in [9.17, 15) is 9.59 Å². The van der Waals surface area contributed by atoms with Crippen molar-refractivity contribution < 1.29 is 4.74 Å². The van der Waals surface area contributed by atoms with Gasteiger partial charge in [0.15, 0.2) is 11.2 Å². The van der Waals surface area contributed by atoms with Gasteiger partial charge in [-0.2, -0.15) is 4.98 Å². The van der Waals surface area contributed by atoms with Crippen molar-refractivity contribution in [2.24, 2.45) is 14.1 Å². The average Bonchev–Trinajstić information content (AvgIpc) is 3.11. The third kappa shape index (κ3) is 4.39. The molecule has 2 aromatic heterocycles. The molecule has 0 bridgehead atoms. The predicted molar refractivity (Wildman–Crippen MR) is 121 cm³/mol. The highest BCUT2D eigenvalue weighted by molar-refractivity contribution is 6.31. The van der Waals surface area contributed by atoms with E-state index < -0.39 is 5.69 Å². The number of nitrogens with one attached hydrogen (secondary N) is 1. The Labute approximate surface area is 184 Å². The first-order valence-electron chi connectivity index (χ1n) is 10.4. The van der Waals surface area contributed by atoms with Gasteiger partial charge in [-0.05, 0) is 24.6 Å². The van der Waals surface area contributed by atoms with Crippen molar-refractivity contribution in [3.8, 4) is 0 Å². The van der Waals surface area contributed by atoms with Gasteiger partial charge in [0.25, 0.3) is 5.56 Å². The van der Waals surface area contributed by atoms with Crippen LogP contribution in [0, 0.1) is 0 Å². The molecule has 1 aromatic carbocycles. The van der Waals surface area contributed by atoms with E-state index >= 15 is 0 Å². The number of aromatic nitrogens is 4. The third-order valence-corrected chi connectivity index (χ3v) is 6.05. The number of anilines is 1. The molecular formula is C21H27ClN6O3. The maximum absolute atomic E-state index is 13.2. The molecule has 9 nitrogen and oxygen atoms in total. The average molecular weight is 447 g/mol. The zero-order chi connectivity index (χ0) is 22.0. The van der Waals surface area contributed by atoms with Crippen molar-refractivity contribution in [1.82, 2.24) is 23.6 Å². The number of aryl methyl sites for hydroxylation is 2. The second kappa shape index (κ2) is 9.25. The first-order chi connectivity index (χ1) is 15.0. The molecule has 0 unspecified atom stereocenters. The van der Waals surface area contributed by atoms with Crippen LogP contribution in [0.5, 0.6) is 0 Å². The third-order valence-electron chi connectivity index (χ3n) is 5.68. The zero-order valence-corrected chi connectivity index (χ0v) is 18.6. The minimum Gasteiger partial charge on any atom is -0.379 e. The van der Waals surface area contributed by atoms with E-state index in [-0.39, 0.29) is 12.1 Å². The van der Waals surface area contributed by atoms with E-state index in [4.69, 9.17) is 16.3 Å². The lowest BCUT2D eigenvalue weighted by Crippen LogP contribution is -2.39. The van der Waals surface area contributed by atoms with Gasteiger partial charge in [-0.1, -0.05) is 29.8 Å². The lowest BCUT2D eigenvalue weighted by Gasteiger charge is -2.26. The molecule has 4 rings (SSSR count). The molecule has 166 valence electrons. The van der Waals surface area contributed by atoms with Crippen molar-refractivity contribution in [2.45, 2.75) is 13.0 Å². The Morgan fingerprint density at radius 3 is 2.61 bits per heavy atom. The zero-order valence-electron chi connectivity index (χ0n) is 17.8. The second-order valence-corrected chi connectivity index (χ2v) is 8.13. The Morgan fingerprint density at radius 1 is 1.13 bits per heavy atom. The number of hydrogen-bond donors (Lipinski definition) is 1. The molecule has 31 heavy (non-hydrogen) atoms. The number of hydrogen-bond acceptors (Lipinski definition) is 6. The van der Waals surface area contributed by atoms with Gasteiger partial charge in [0.2, 0.25) is 5.95 Å². The SMILES string of the molecule is Cn1c(NCCCN2CCOCC2)nc2c1c(=O)n(Cc1ccccc1Cl)c(=O)n2C. The topological polar surface area (TPSA) is 86.3 Å². The number of rotatable bonds is 7. The summed E-state index contributed by atoms with van der Waals surface area (Å²) in [7, 11) is 3.41. The quantitative estimate of drug-likeness (QED) is 0.550. The molecule has 0 aliphatic carbocycles. The Morgan fingerprint density at radius 2 is 1.87 bits per heavy atom. The Kier molecular flexibility index (Phi) is 6.45. The summed E-state index contributed by atoms with van der Waals surface area (Å²) in [5.41, 5.74) is 0.656. The second-order valence-electron chi connectivity index (χ2n) is 7.73. The van der Waals surface area contributed by atoms with Crippen LogP contribution in [0.1, 0.15) is 12.0 Å². The molecule has 0 radical (unpaired) electrons. The van der Waals surface area contributed by atoms with Crippen molar-refractivity contribution in [2.75, 3.05) is 44.7 Å². The van der Waals surface area contributed by atoms with E-state index in [1.165, 1.54) is 9.13 Å². The van der Waals surface area contributed by atoms with Gasteiger partial charge in [0.05, 0.1) is 19.8 Å². The molecule has 0 spiro atoms.